The zero-order valence-electron chi connectivity index (χ0n) is 23.9. The van der Waals surface area contributed by atoms with Gasteiger partial charge in [0.1, 0.15) is 27.0 Å². The van der Waals surface area contributed by atoms with Crippen molar-refractivity contribution in [2.24, 2.45) is 0 Å². The number of esters is 2. The number of nitrogens with one attached hydrogen (secondary N) is 2. The highest BCUT2D eigenvalue weighted by Crippen LogP contribution is 2.34. The molecule has 40 heavy (non-hydrogen) atoms. The van der Waals surface area contributed by atoms with Gasteiger partial charge in [-0.25, -0.2) is 9.37 Å². The van der Waals surface area contributed by atoms with E-state index in [1.807, 2.05) is 0 Å². The van der Waals surface area contributed by atoms with E-state index >= 15 is 0 Å². The van der Waals surface area contributed by atoms with Crippen LogP contribution in [0, 0.1) is 5.82 Å². The normalized spacial score (nSPS) is 11.6. The summed E-state index contributed by atoms with van der Waals surface area (Å²) in [6.07, 6.45) is 0.395. The lowest BCUT2D eigenvalue weighted by atomic mass is 10.1. The van der Waals surface area contributed by atoms with Gasteiger partial charge < -0.3 is 20.1 Å². The molecule has 8 nitrogen and oxygen atoms in total. The van der Waals surface area contributed by atoms with Crippen LogP contribution in [0.25, 0.3) is 10.6 Å². The maximum Gasteiger partial charge on any atom is 0.310 e. The van der Waals surface area contributed by atoms with Crippen LogP contribution in [-0.2, 0) is 31.9 Å². The summed E-state index contributed by atoms with van der Waals surface area (Å²) in [4.78, 5) is 42.3. The second-order valence-electron chi connectivity index (χ2n) is 11.3. The first kappa shape index (κ1) is 30.7. The van der Waals surface area contributed by atoms with Gasteiger partial charge in [-0.15, -0.1) is 0 Å². The van der Waals surface area contributed by atoms with E-state index in [4.69, 9.17) is 9.47 Å². The third kappa shape index (κ3) is 9.15. The molecule has 0 aliphatic carbocycles. The average molecular weight is 570 g/mol. The van der Waals surface area contributed by atoms with Crippen LogP contribution in [0.2, 0.25) is 0 Å². The molecule has 0 spiro atoms. The third-order valence-electron chi connectivity index (χ3n) is 5.33. The molecule has 1 amide bonds. The molecule has 0 unspecified atom stereocenters. The molecule has 0 fully saturated rings. The third-order valence-corrected chi connectivity index (χ3v) is 6.45. The van der Waals surface area contributed by atoms with E-state index in [9.17, 15) is 18.8 Å². The van der Waals surface area contributed by atoms with Crippen molar-refractivity contribution in [2.45, 2.75) is 72.0 Å². The Morgan fingerprint density at radius 3 is 2.25 bits per heavy atom. The number of ether oxygens (including phenoxy) is 2. The van der Waals surface area contributed by atoms with E-state index in [1.54, 1.807) is 78.9 Å². The zero-order chi connectivity index (χ0) is 29.7. The van der Waals surface area contributed by atoms with Crippen molar-refractivity contribution in [1.82, 2.24) is 4.98 Å². The summed E-state index contributed by atoms with van der Waals surface area (Å²) in [7, 11) is 1.67. The summed E-state index contributed by atoms with van der Waals surface area (Å²) in [5.41, 5.74) is 1.09. The largest absolute Gasteiger partial charge is 0.460 e. The van der Waals surface area contributed by atoms with Crippen molar-refractivity contribution in [3.8, 4) is 10.6 Å². The Labute approximate surface area is 238 Å². The molecule has 3 rings (SSSR count). The molecule has 1 heterocycles. The zero-order valence-corrected chi connectivity index (χ0v) is 24.8. The minimum Gasteiger partial charge on any atom is -0.460 e. The van der Waals surface area contributed by atoms with Gasteiger partial charge in [0, 0.05) is 24.7 Å². The molecule has 10 heteroatoms. The molecule has 2 N–H and O–H groups in total. The molecule has 0 aliphatic rings. The molecule has 3 aromatic rings. The Bertz CT molecular complexity index is 1390. The van der Waals surface area contributed by atoms with Crippen molar-refractivity contribution in [1.29, 1.82) is 0 Å². The van der Waals surface area contributed by atoms with Gasteiger partial charge in [0.15, 0.2) is 5.69 Å². The number of hydrogen-bond donors (Lipinski definition) is 2. The summed E-state index contributed by atoms with van der Waals surface area (Å²) in [5.74, 6) is -1.73. The van der Waals surface area contributed by atoms with E-state index in [0.29, 0.717) is 38.8 Å². The molecular weight excluding hydrogens is 533 g/mol. The van der Waals surface area contributed by atoms with E-state index in [0.717, 1.165) is 0 Å². The lowest BCUT2D eigenvalue weighted by molar-refractivity contribution is -0.155. The van der Waals surface area contributed by atoms with Gasteiger partial charge >= 0.3 is 11.9 Å². The monoisotopic (exact) mass is 569 g/mol. The molecule has 0 aliphatic heterocycles. The summed E-state index contributed by atoms with van der Waals surface area (Å²) >= 11 is 1.21. The molecular formula is C30H36FN3O5S. The SMILES string of the molecule is CNc1sc(-c2cc(F)cc(CCC(=O)OC(C)(C)C)c2)nc1C(=O)Nc1ccccc1CC(=O)OC(C)(C)C. The van der Waals surface area contributed by atoms with Crippen molar-refractivity contribution < 1.29 is 28.2 Å². The van der Waals surface area contributed by atoms with Gasteiger partial charge in [0.2, 0.25) is 0 Å². The number of nitrogens with zero attached hydrogens (tertiary/aromatic N) is 1. The number of hydrogen-bond acceptors (Lipinski definition) is 8. The quantitative estimate of drug-likeness (QED) is 0.287. The highest BCUT2D eigenvalue weighted by atomic mass is 32.1. The highest BCUT2D eigenvalue weighted by molar-refractivity contribution is 7.19. The number of thiazole rings is 1. The smallest absolute Gasteiger partial charge is 0.310 e. The number of amides is 1. The van der Waals surface area contributed by atoms with Crippen LogP contribution in [0.15, 0.2) is 42.5 Å². The molecule has 214 valence electrons. The van der Waals surface area contributed by atoms with Crippen LogP contribution < -0.4 is 10.6 Å². The van der Waals surface area contributed by atoms with E-state index < -0.39 is 28.9 Å². The van der Waals surface area contributed by atoms with Crippen LogP contribution in [-0.4, -0.2) is 41.1 Å². The summed E-state index contributed by atoms with van der Waals surface area (Å²) in [6.45, 7) is 10.8. The molecule has 0 saturated carbocycles. The van der Waals surface area contributed by atoms with Crippen molar-refractivity contribution in [3.63, 3.8) is 0 Å². The number of rotatable bonds is 9. The standard InChI is InChI=1S/C30H36FN3O5S/c1-29(2,3)38-23(35)13-12-18-14-20(16-21(31)15-18)27-34-25(28(32-7)40-27)26(37)33-22-11-9-8-10-19(22)17-24(36)39-30(4,5)6/h8-11,14-16,32H,12-13,17H2,1-7H3,(H,33,37). The van der Waals surface area contributed by atoms with Crippen LogP contribution in [0.4, 0.5) is 15.1 Å². The van der Waals surface area contributed by atoms with Gasteiger partial charge in [-0.3, -0.25) is 14.4 Å². The number of aryl methyl sites for hydroxylation is 1. The number of carbonyl (C=O) groups is 3. The molecule has 0 atom stereocenters. The minimum absolute atomic E-state index is 0.00963. The Morgan fingerprint density at radius 1 is 0.950 bits per heavy atom. The predicted octanol–water partition coefficient (Wildman–Crippen LogP) is 6.40. The Hall–Kier alpha value is -3.79. The van der Waals surface area contributed by atoms with E-state index in [2.05, 4.69) is 15.6 Å². The maximum atomic E-state index is 14.5. The second-order valence-corrected chi connectivity index (χ2v) is 12.3. The van der Waals surface area contributed by atoms with Crippen molar-refractivity contribution >= 4 is 39.9 Å². The number of benzene rings is 2. The molecule has 1 aromatic heterocycles. The van der Waals surface area contributed by atoms with Gasteiger partial charge in [0.25, 0.3) is 5.91 Å². The number of anilines is 2. The molecule has 2 aromatic carbocycles. The Kier molecular flexibility index (Phi) is 9.68. The summed E-state index contributed by atoms with van der Waals surface area (Å²) in [5, 5.41) is 6.76. The van der Waals surface area contributed by atoms with Crippen LogP contribution >= 0.6 is 11.3 Å². The highest BCUT2D eigenvalue weighted by Gasteiger charge is 2.22. The fourth-order valence-electron chi connectivity index (χ4n) is 3.84. The topological polar surface area (TPSA) is 107 Å². The van der Waals surface area contributed by atoms with Crippen molar-refractivity contribution in [2.75, 3.05) is 17.7 Å². The fourth-order valence-corrected chi connectivity index (χ4v) is 4.74. The second kappa shape index (κ2) is 12.6. The molecule has 0 radical (unpaired) electrons. The molecule has 0 saturated heterocycles. The molecule has 0 bridgehead atoms. The van der Waals surface area contributed by atoms with E-state index in [1.165, 1.54) is 23.5 Å². The van der Waals surface area contributed by atoms with E-state index in [-0.39, 0.29) is 24.5 Å². The number of halogens is 1. The number of carbonyl (C=O) groups excluding carboxylic acids is 3. The van der Waals surface area contributed by atoms with Gasteiger partial charge in [-0.1, -0.05) is 29.5 Å². The minimum atomic E-state index is -0.625. The lowest BCUT2D eigenvalue weighted by Crippen LogP contribution is -2.25. The first-order valence-corrected chi connectivity index (χ1v) is 13.8. The predicted molar refractivity (Wildman–Crippen MR) is 155 cm³/mol. The lowest BCUT2D eigenvalue weighted by Gasteiger charge is -2.20. The van der Waals surface area contributed by atoms with Gasteiger partial charge in [0.05, 0.1) is 6.42 Å². The Balaban J connectivity index is 1.80. The Morgan fingerprint density at radius 2 is 1.60 bits per heavy atom. The number of para-hydroxylation sites is 1. The first-order chi connectivity index (χ1) is 18.6. The van der Waals surface area contributed by atoms with Crippen LogP contribution in [0.5, 0.6) is 0 Å². The fraction of sp³-hybridized carbons (Fsp3) is 0.400. The maximum absolute atomic E-state index is 14.5. The average Bonchev–Trinajstić information content (AvgIpc) is 3.26. The summed E-state index contributed by atoms with van der Waals surface area (Å²) in [6, 6.07) is 11.4. The summed E-state index contributed by atoms with van der Waals surface area (Å²) < 4.78 is 25.3. The van der Waals surface area contributed by atoms with Gasteiger partial charge in [-0.05, 0) is 83.4 Å². The van der Waals surface area contributed by atoms with Crippen LogP contribution in [0.3, 0.4) is 0 Å². The van der Waals surface area contributed by atoms with Crippen LogP contribution in [0.1, 0.15) is 69.6 Å². The van der Waals surface area contributed by atoms with Crippen molar-refractivity contribution in [3.05, 3.63) is 65.1 Å². The number of aromatic nitrogens is 1. The first-order valence-electron chi connectivity index (χ1n) is 12.9. The van der Waals surface area contributed by atoms with Gasteiger partial charge in [-0.2, -0.15) is 0 Å².